The topological polar surface area (TPSA) is 97.2 Å². The standard InChI is InChI=1S/C14H11ClN4O2/c15-8-1-6-12(21)11(7-8)13-14(16)19(18-17-13)9-2-4-10(20)5-3-9/h1-7,20-21H,16H2. The molecule has 3 aromatic rings. The van der Waals surface area contributed by atoms with Crippen molar-refractivity contribution in [1.29, 1.82) is 0 Å². The third-order valence-corrected chi connectivity index (χ3v) is 3.25. The van der Waals surface area contributed by atoms with E-state index in [9.17, 15) is 10.2 Å². The van der Waals surface area contributed by atoms with Crippen molar-refractivity contribution < 1.29 is 10.2 Å². The molecule has 7 heteroatoms. The highest BCUT2D eigenvalue weighted by atomic mass is 35.5. The summed E-state index contributed by atoms with van der Waals surface area (Å²) in [6, 6.07) is 11.0. The lowest BCUT2D eigenvalue weighted by Crippen LogP contribution is -2.02. The minimum Gasteiger partial charge on any atom is -0.508 e. The van der Waals surface area contributed by atoms with Gasteiger partial charge in [-0.1, -0.05) is 16.8 Å². The molecular formula is C14H11ClN4O2. The van der Waals surface area contributed by atoms with Gasteiger partial charge < -0.3 is 15.9 Å². The summed E-state index contributed by atoms with van der Waals surface area (Å²) in [6.07, 6.45) is 0. The zero-order valence-corrected chi connectivity index (χ0v) is 11.5. The van der Waals surface area contributed by atoms with Crippen molar-refractivity contribution in [2.24, 2.45) is 0 Å². The lowest BCUT2D eigenvalue weighted by atomic mass is 10.1. The fraction of sp³-hybridized carbons (Fsp3) is 0. The molecular weight excluding hydrogens is 292 g/mol. The van der Waals surface area contributed by atoms with E-state index in [0.29, 0.717) is 22.0 Å². The Bertz CT molecular complexity index is 799. The van der Waals surface area contributed by atoms with Gasteiger partial charge in [0.25, 0.3) is 0 Å². The molecule has 0 bridgehead atoms. The fourth-order valence-electron chi connectivity index (χ4n) is 1.96. The smallest absolute Gasteiger partial charge is 0.156 e. The molecule has 4 N–H and O–H groups in total. The van der Waals surface area contributed by atoms with Gasteiger partial charge in [0.15, 0.2) is 5.82 Å². The van der Waals surface area contributed by atoms with Crippen molar-refractivity contribution in [3.63, 3.8) is 0 Å². The summed E-state index contributed by atoms with van der Waals surface area (Å²) in [5.74, 6) is 0.423. The number of phenols is 2. The average Bonchev–Trinajstić information content (AvgIpc) is 2.84. The molecule has 0 aliphatic heterocycles. The first-order valence-corrected chi connectivity index (χ1v) is 6.43. The number of phenolic OH excluding ortho intramolecular Hbond substituents is 2. The average molecular weight is 303 g/mol. The second-order valence-corrected chi connectivity index (χ2v) is 4.85. The first-order chi connectivity index (χ1) is 10.1. The SMILES string of the molecule is Nc1c(-c2cc(Cl)ccc2O)nnn1-c1ccc(O)cc1. The number of aromatic nitrogens is 3. The van der Waals surface area contributed by atoms with Crippen molar-refractivity contribution in [2.45, 2.75) is 0 Å². The third-order valence-electron chi connectivity index (χ3n) is 3.01. The summed E-state index contributed by atoms with van der Waals surface area (Å²) >= 11 is 5.93. The van der Waals surface area contributed by atoms with Crippen LogP contribution in [0, 0.1) is 0 Å². The van der Waals surface area contributed by atoms with E-state index in [2.05, 4.69) is 10.3 Å². The van der Waals surface area contributed by atoms with E-state index < -0.39 is 0 Å². The Kier molecular flexibility index (Phi) is 3.15. The number of aromatic hydroxyl groups is 2. The van der Waals surface area contributed by atoms with E-state index in [1.807, 2.05) is 0 Å². The van der Waals surface area contributed by atoms with Crippen LogP contribution in [0.25, 0.3) is 16.9 Å². The lowest BCUT2D eigenvalue weighted by molar-refractivity contribution is 0.475. The summed E-state index contributed by atoms with van der Waals surface area (Å²) < 4.78 is 1.41. The van der Waals surface area contributed by atoms with Gasteiger partial charge in [0.1, 0.15) is 17.2 Å². The number of benzene rings is 2. The van der Waals surface area contributed by atoms with Crippen molar-refractivity contribution in [3.8, 4) is 28.4 Å². The second kappa shape index (κ2) is 4.99. The molecule has 0 fully saturated rings. The largest absolute Gasteiger partial charge is 0.508 e. The maximum Gasteiger partial charge on any atom is 0.156 e. The van der Waals surface area contributed by atoms with Crippen LogP contribution < -0.4 is 5.73 Å². The van der Waals surface area contributed by atoms with Crippen LogP contribution in [0.4, 0.5) is 5.82 Å². The summed E-state index contributed by atoms with van der Waals surface area (Å²) in [6.45, 7) is 0. The Balaban J connectivity index is 2.11. The first-order valence-electron chi connectivity index (χ1n) is 6.06. The summed E-state index contributed by atoms with van der Waals surface area (Å²) in [5.41, 5.74) is 7.43. The van der Waals surface area contributed by atoms with Gasteiger partial charge in [-0.05, 0) is 42.5 Å². The van der Waals surface area contributed by atoms with Gasteiger partial charge >= 0.3 is 0 Å². The number of hydrogen-bond donors (Lipinski definition) is 3. The van der Waals surface area contributed by atoms with E-state index in [1.165, 1.54) is 22.9 Å². The highest BCUT2D eigenvalue weighted by molar-refractivity contribution is 6.31. The quantitative estimate of drug-likeness (QED) is 0.676. The number of nitrogen functional groups attached to an aromatic ring is 1. The molecule has 0 amide bonds. The number of hydrogen-bond acceptors (Lipinski definition) is 5. The van der Waals surface area contributed by atoms with Gasteiger partial charge in [0.05, 0.1) is 5.69 Å². The van der Waals surface area contributed by atoms with Crippen LogP contribution in [0.3, 0.4) is 0 Å². The van der Waals surface area contributed by atoms with Crippen LogP contribution in [0.1, 0.15) is 0 Å². The number of anilines is 1. The van der Waals surface area contributed by atoms with E-state index in [0.717, 1.165) is 0 Å². The van der Waals surface area contributed by atoms with Crippen LogP contribution in [0.2, 0.25) is 5.02 Å². The Hall–Kier alpha value is -2.73. The third kappa shape index (κ3) is 2.36. The highest BCUT2D eigenvalue weighted by Crippen LogP contribution is 2.34. The Labute approximate surface area is 125 Å². The zero-order valence-electron chi connectivity index (χ0n) is 10.7. The minimum absolute atomic E-state index is 0.0175. The molecule has 0 unspecified atom stereocenters. The van der Waals surface area contributed by atoms with Crippen molar-refractivity contribution >= 4 is 17.4 Å². The fourth-order valence-corrected chi connectivity index (χ4v) is 2.14. The Morgan fingerprint density at radius 1 is 1.05 bits per heavy atom. The minimum atomic E-state index is 0.0175. The van der Waals surface area contributed by atoms with Crippen LogP contribution in [-0.4, -0.2) is 25.2 Å². The Morgan fingerprint density at radius 2 is 1.76 bits per heavy atom. The predicted molar refractivity (Wildman–Crippen MR) is 79.5 cm³/mol. The maximum atomic E-state index is 9.90. The summed E-state index contributed by atoms with van der Waals surface area (Å²) in [7, 11) is 0. The first kappa shape index (κ1) is 13.3. The second-order valence-electron chi connectivity index (χ2n) is 4.41. The van der Waals surface area contributed by atoms with E-state index in [-0.39, 0.29) is 17.3 Å². The van der Waals surface area contributed by atoms with Crippen molar-refractivity contribution in [2.75, 3.05) is 5.73 Å². The molecule has 0 aliphatic rings. The monoisotopic (exact) mass is 302 g/mol. The van der Waals surface area contributed by atoms with Gasteiger partial charge in [-0.2, -0.15) is 4.68 Å². The molecule has 21 heavy (non-hydrogen) atoms. The summed E-state index contributed by atoms with van der Waals surface area (Å²) in [5, 5.41) is 27.6. The number of nitrogens with zero attached hydrogens (tertiary/aromatic N) is 3. The van der Waals surface area contributed by atoms with Gasteiger partial charge in [0, 0.05) is 10.6 Å². The maximum absolute atomic E-state index is 9.90. The Morgan fingerprint density at radius 3 is 2.48 bits per heavy atom. The zero-order chi connectivity index (χ0) is 15.0. The van der Waals surface area contributed by atoms with E-state index >= 15 is 0 Å². The molecule has 0 radical (unpaired) electrons. The molecule has 0 saturated carbocycles. The van der Waals surface area contributed by atoms with Gasteiger partial charge in [-0.3, -0.25) is 0 Å². The van der Waals surface area contributed by atoms with Crippen LogP contribution >= 0.6 is 11.6 Å². The molecule has 6 nitrogen and oxygen atoms in total. The lowest BCUT2D eigenvalue weighted by Gasteiger charge is -2.05. The molecule has 0 aliphatic carbocycles. The highest BCUT2D eigenvalue weighted by Gasteiger charge is 2.16. The van der Waals surface area contributed by atoms with Gasteiger partial charge in [-0.25, -0.2) is 0 Å². The molecule has 2 aromatic carbocycles. The van der Waals surface area contributed by atoms with Crippen LogP contribution in [0.5, 0.6) is 11.5 Å². The number of rotatable bonds is 2. The predicted octanol–water partition coefficient (Wildman–Crippen LogP) is 2.58. The van der Waals surface area contributed by atoms with E-state index in [1.54, 1.807) is 24.3 Å². The van der Waals surface area contributed by atoms with Gasteiger partial charge in [0.2, 0.25) is 0 Å². The molecule has 0 spiro atoms. The molecule has 1 heterocycles. The van der Waals surface area contributed by atoms with E-state index in [4.69, 9.17) is 17.3 Å². The van der Waals surface area contributed by atoms with Gasteiger partial charge in [-0.15, -0.1) is 5.10 Å². The number of nitrogens with two attached hydrogens (primary N) is 1. The number of halogens is 1. The summed E-state index contributed by atoms with van der Waals surface area (Å²) in [4.78, 5) is 0. The van der Waals surface area contributed by atoms with Crippen LogP contribution in [0.15, 0.2) is 42.5 Å². The molecule has 1 aromatic heterocycles. The van der Waals surface area contributed by atoms with Crippen LogP contribution in [-0.2, 0) is 0 Å². The van der Waals surface area contributed by atoms with Crippen molar-refractivity contribution in [1.82, 2.24) is 15.0 Å². The molecule has 106 valence electrons. The normalized spacial score (nSPS) is 10.7. The molecule has 0 atom stereocenters. The van der Waals surface area contributed by atoms with Crippen molar-refractivity contribution in [3.05, 3.63) is 47.5 Å². The molecule has 3 rings (SSSR count). The molecule has 0 saturated heterocycles.